The SMILES string of the molecule is CN(c1nc2c(s1)-c1ccc(-c3cn[nH]c3)c(F)c1CO2)C1CC(C)(C)NC(C)(C)C1. The van der Waals surface area contributed by atoms with Gasteiger partial charge in [0.1, 0.15) is 17.3 Å². The summed E-state index contributed by atoms with van der Waals surface area (Å²) in [5.74, 6) is 0.344. The predicted octanol–water partition coefficient (Wildman–Crippen LogP) is 4.98. The zero-order valence-electron chi connectivity index (χ0n) is 18.5. The molecular weight excluding hydrogens is 413 g/mol. The number of halogens is 1. The highest BCUT2D eigenvalue weighted by Crippen LogP contribution is 2.47. The van der Waals surface area contributed by atoms with Crippen molar-refractivity contribution in [2.45, 2.75) is 64.3 Å². The van der Waals surface area contributed by atoms with Gasteiger partial charge < -0.3 is 15.0 Å². The molecule has 3 aromatic rings. The normalized spacial score (nSPS) is 19.4. The van der Waals surface area contributed by atoms with Crippen LogP contribution in [-0.2, 0) is 6.61 Å². The van der Waals surface area contributed by atoms with Crippen molar-refractivity contribution in [2.24, 2.45) is 0 Å². The van der Waals surface area contributed by atoms with E-state index in [9.17, 15) is 0 Å². The van der Waals surface area contributed by atoms with Crippen molar-refractivity contribution in [1.29, 1.82) is 0 Å². The Morgan fingerprint density at radius 2 is 1.87 bits per heavy atom. The van der Waals surface area contributed by atoms with E-state index in [1.54, 1.807) is 23.7 Å². The largest absolute Gasteiger partial charge is 0.472 e. The van der Waals surface area contributed by atoms with Gasteiger partial charge in [-0.25, -0.2) is 4.39 Å². The van der Waals surface area contributed by atoms with Crippen molar-refractivity contribution in [3.8, 4) is 27.4 Å². The highest BCUT2D eigenvalue weighted by atomic mass is 32.1. The van der Waals surface area contributed by atoms with Gasteiger partial charge in [0, 0.05) is 52.6 Å². The number of piperidine rings is 1. The fraction of sp³-hybridized carbons (Fsp3) is 0.478. The summed E-state index contributed by atoms with van der Waals surface area (Å²) >= 11 is 1.58. The molecule has 8 heteroatoms. The van der Waals surface area contributed by atoms with Gasteiger partial charge in [-0.05, 0) is 40.5 Å². The fourth-order valence-corrected chi connectivity index (χ4v) is 6.25. The molecule has 1 saturated heterocycles. The molecule has 2 N–H and O–H groups in total. The summed E-state index contributed by atoms with van der Waals surface area (Å²) in [4.78, 5) is 7.95. The van der Waals surface area contributed by atoms with Crippen LogP contribution in [0.3, 0.4) is 0 Å². The summed E-state index contributed by atoms with van der Waals surface area (Å²) in [5, 5.41) is 11.3. The van der Waals surface area contributed by atoms with Crippen LogP contribution >= 0.6 is 11.3 Å². The summed E-state index contributed by atoms with van der Waals surface area (Å²) in [6.45, 7) is 9.19. The lowest BCUT2D eigenvalue weighted by atomic mass is 9.79. The van der Waals surface area contributed by atoms with Gasteiger partial charge in [-0.2, -0.15) is 10.1 Å². The molecule has 2 aliphatic rings. The lowest BCUT2D eigenvalue weighted by Gasteiger charge is -2.48. The van der Waals surface area contributed by atoms with Crippen molar-refractivity contribution in [3.05, 3.63) is 35.9 Å². The van der Waals surface area contributed by atoms with Crippen molar-refractivity contribution in [3.63, 3.8) is 0 Å². The lowest BCUT2D eigenvalue weighted by molar-refractivity contribution is 0.161. The number of H-pyrrole nitrogens is 1. The van der Waals surface area contributed by atoms with Crippen molar-refractivity contribution < 1.29 is 9.13 Å². The van der Waals surface area contributed by atoms with Crippen LogP contribution in [0.25, 0.3) is 21.6 Å². The summed E-state index contributed by atoms with van der Waals surface area (Å²) in [5.41, 5.74) is 2.80. The number of fused-ring (bicyclic) bond motifs is 3. The van der Waals surface area contributed by atoms with Crippen LogP contribution in [0.15, 0.2) is 24.5 Å². The van der Waals surface area contributed by atoms with E-state index >= 15 is 4.39 Å². The lowest BCUT2D eigenvalue weighted by Crippen LogP contribution is -2.61. The third kappa shape index (κ3) is 3.61. The molecule has 0 bridgehead atoms. The Hall–Kier alpha value is -2.45. The minimum atomic E-state index is -0.255. The Morgan fingerprint density at radius 3 is 2.55 bits per heavy atom. The number of aromatic amines is 1. The molecule has 4 heterocycles. The second-order valence-electron chi connectivity index (χ2n) is 9.93. The standard InChI is InChI=1S/C23H28FN5OS/c1-22(2)8-14(9-23(3,4)28-22)29(5)21-27-20-19(31-21)16-7-6-15(13-10-25-26-11-13)18(24)17(16)12-30-20/h6-7,10-11,14,28H,8-9,12H2,1-5H3,(H,25,26). The van der Waals surface area contributed by atoms with Crippen LogP contribution in [0.4, 0.5) is 9.52 Å². The number of benzene rings is 1. The monoisotopic (exact) mass is 441 g/mol. The molecule has 5 rings (SSSR count). The van der Waals surface area contributed by atoms with Gasteiger partial charge in [-0.1, -0.05) is 23.5 Å². The number of thiazole rings is 1. The molecule has 1 aromatic carbocycles. The Bertz CT molecular complexity index is 1110. The number of rotatable bonds is 3. The Morgan fingerprint density at radius 1 is 1.16 bits per heavy atom. The molecule has 1 fully saturated rings. The van der Waals surface area contributed by atoms with Crippen LogP contribution in [0.5, 0.6) is 5.88 Å². The number of hydrogen-bond acceptors (Lipinski definition) is 6. The van der Waals surface area contributed by atoms with Gasteiger partial charge in [0.25, 0.3) is 0 Å². The highest BCUT2D eigenvalue weighted by Gasteiger charge is 2.40. The first-order chi connectivity index (χ1) is 14.6. The highest BCUT2D eigenvalue weighted by molar-refractivity contribution is 7.19. The van der Waals surface area contributed by atoms with Crippen molar-refractivity contribution in [1.82, 2.24) is 20.5 Å². The third-order valence-corrected chi connectivity index (χ3v) is 7.41. The first kappa shape index (κ1) is 20.5. The van der Waals surface area contributed by atoms with E-state index in [0.29, 0.717) is 23.0 Å². The Kier molecular flexibility index (Phi) is 4.64. The van der Waals surface area contributed by atoms with Gasteiger partial charge in [-0.3, -0.25) is 5.10 Å². The molecule has 0 spiro atoms. The number of hydrogen-bond donors (Lipinski definition) is 2. The second-order valence-corrected chi connectivity index (χ2v) is 10.9. The third-order valence-electron chi connectivity index (χ3n) is 6.25. The fourth-order valence-electron chi connectivity index (χ4n) is 5.15. The molecule has 31 heavy (non-hydrogen) atoms. The average Bonchev–Trinajstić information content (AvgIpc) is 3.35. The topological polar surface area (TPSA) is 66.1 Å². The number of anilines is 1. The quantitative estimate of drug-likeness (QED) is 0.600. The number of nitrogens with zero attached hydrogens (tertiary/aromatic N) is 3. The zero-order chi connectivity index (χ0) is 22.0. The summed E-state index contributed by atoms with van der Waals surface area (Å²) in [7, 11) is 2.11. The molecule has 164 valence electrons. The minimum absolute atomic E-state index is 0.0489. The molecular formula is C23H28FN5OS. The first-order valence-electron chi connectivity index (χ1n) is 10.6. The van der Waals surface area contributed by atoms with E-state index in [1.165, 1.54) is 0 Å². The number of ether oxygens (including phenoxy) is 1. The minimum Gasteiger partial charge on any atom is -0.472 e. The maximum Gasteiger partial charge on any atom is 0.234 e. The van der Waals surface area contributed by atoms with Crippen molar-refractivity contribution >= 4 is 16.5 Å². The summed E-state index contributed by atoms with van der Waals surface area (Å²) in [6.07, 6.45) is 5.37. The van der Waals surface area contributed by atoms with Crippen LogP contribution < -0.4 is 15.0 Å². The Balaban J connectivity index is 1.48. The van der Waals surface area contributed by atoms with E-state index < -0.39 is 0 Å². The van der Waals surface area contributed by atoms with E-state index in [2.05, 4.69) is 55.2 Å². The van der Waals surface area contributed by atoms with Gasteiger partial charge in [0.2, 0.25) is 5.88 Å². The Labute approximate surface area is 185 Å². The summed E-state index contributed by atoms with van der Waals surface area (Å²) in [6, 6.07) is 4.15. The molecule has 0 saturated carbocycles. The molecule has 0 radical (unpaired) electrons. The average molecular weight is 442 g/mol. The number of aromatic nitrogens is 3. The maximum absolute atomic E-state index is 15.3. The molecule has 2 aliphatic heterocycles. The molecule has 6 nitrogen and oxygen atoms in total. The molecule has 0 atom stereocenters. The molecule has 0 unspecified atom stereocenters. The van der Waals surface area contributed by atoms with Crippen LogP contribution in [0.1, 0.15) is 46.1 Å². The predicted molar refractivity (Wildman–Crippen MR) is 122 cm³/mol. The summed E-state index contributed by atoms with van der Waals surface area (Å²) < 4.78 is 21.2. The van der Waals surface area contributed by atoms with Gasteiger partial charge >= 0.3 is 0 Å². The smallest absolute Gasteiger partial charge is 0.234 e. The first-order valence-corrected chi connectivity index (χ1v) is 11.4. The van der Waals surface area contributed by atoms with Gasteiger partial charge in [0.05, 0.1) is 6.20 Å². The van der Waals surface area contributed by atoms with E-state index in [1.807, 2.05) is 12.1 Å². The maximum atomic E-state index is 15.3. The van der Waals surface area contributed by atoms with Gasteiger partial charge in [0.15, 0.2) is 5.13 Å². The van der Waals surface area contributed by atoms with E-state index in [-0.39, 0.29) is 23.5 Å². The van der Waals surface area contributed by atoms with Gasteiger partial charge in [-0.15, -0.1) is 0 Å². The van der Waals surface area contributed by atoms with Crippen LogP contribution in [-0.4, -0.2) is 39.3 Å². The second kappa shape index (κ2) is 7.03. The van der Waals surface area contributed by atoms with Crippen molar-refractivity contribution in [2.75, 3.05) is 11.9 Å². The van der Waals surface area contributed by atoms with E-state index in [0.717, 1.165) is 34.0 Å². The van der Waals surface area contributed by atoms with Crippen LogP contribution in [0, 0.1) is 5.82 Å². The van der Waals surface area contributed by atoms with E-state index in [4.69, 9.17) is 9.72 Å². The molecule has 2 aromatic heterocycles. The van der Waals surface area contributed by atoms with Crippen LogP contribution in [0.2, 0.25) is 0 Å². The molecule has 0 aliphatic carbocycles. The molecule has 0 amide bonds. The zero-order valence-corrected chi connectivity index (χ0v) is 19.4. The number of nitrogens with one attached hydrogen (secondary N) is 2.